The lowest BCUT2D eigenvalue weighted by Crippen LogP contribution is -2.22. The first-order valence-electron chi connectivity index (χ1n) is 9.14. The first-order chi connectivity index (χ1) is 14.4. The summed E-state index contributed by atoms with van der Waals surface area (Å²) in [5.41, 5.74) is -0.167. The van der Waals surface area contributed by atoms with Crippen molar-refractivity contribution < 1.29 is 27.4 Å². The number of alkyl halides is 3. The lowest BCUT2D eigenvalue weighted by molar-refractivity contribution is -0.148. The molecule has 0 N–H and O–H groups in total. The molecule has 1 aliphatic carbocycles. The molecule has 3 aromatic rings. The lowest BCUT2D eigenvalue weighted by atomic mass is 10.0. The number of carbonyl (C=O) groups is 1. The summed E-state index contributed by atoms with van der Waals surface area (Å²) in [5.74, 6) is -2.06. The van der Waals surface area contributed by atoms with Gasteiger partial charge in [-0.15, -0.1) is 0 Å². The van der Waals surface area contributed by atoms with Crippen molar-refractivity contribution in [2.75, 3.05) is 7.11 Å². The third-order valence-corrected chi connectivity index (χ3v) is 5.17. The molecule has 0 bridgehead atoms. The summed E-state index contributed by atoms with van der Waals surface area (Å²) in [4.78, 5) is 20.2. The molecule has 0 radical (unpaired) electrons. The minimum atomic E-state index is -2.95. The third-order valence-electron chi connectivity index (χ3n) is 5.17. The van der Waals surface area contributed by atoms with E-state index in [4.69, 9.17) is 4.74 Å². The number of nitrogens with zero attached hydrogens (tertiary/aromatic N) is 2. The molecule has 1 aromatic heterocycles. The summed E-state index contributed by atoms with van der Waals surface area (Å²) in [6, 6.07) is 15.8. The van der Waals surface area contributed by atoms with Gasteiger partial charge >= 0.3 is 12.6 Å². The van der Waals surface area contributed by atoms with Gasteiger partial charge in [0.05, 0.1) is 19.5 Å². The number of halogens is 3. The molecule has 8 heteroatoms. The second kappa shape index (κ2) is 7.78. The van der Waals surface area contributed by atoms with E-state index < -0.39 is 30.1 Å². The molecular weight excluding hydrogens is 397 g/mol. The highest BCUT2D eigenvalue weighted by Gasteiger charge is 2.73. The molecule has 4 rings (SSSR count). The normalized spacial score (nSPS) is 22.6. The van der Waals surface area contributed by atoms with Gasteiger partial charge in [-0.1, -0.05) is 54.6 Å². The topological polar surface area (TPSA) is 61.3 Å². The standard InChI is InChI=1S/C22H17F3N2O3/c1-29-20(28)22(25)17(13-5-3-2-4-6-13)18(22)14-7-9-15(10-8-14)19-26-11-16(12-27-19)30-21(23)24/h2-12,17-18,21H,1H3/t17-,18-,22+/m1/s1. The van der Waals surface area contributed by atoms with Crippen LogP contribution >= 0.6 is 0 Å². The Bertz CT molecular complexity index is 1030. The Kier molecular flexibility index (Phi) is 5.15. The summed E-state index contributed by atoms with van der Waals surface area (Å²) >= 11 is 0. The number of ether oxygens (including phenoxy) is 2. The van der Waals surface area contributed by atoms with Crippen LogP contribution in [-0.2, 0) is 9.53 Å². The molecule has 154 valence electrons. The largest absolute Gasteiger partial charge is 0.467 e. The van der Waals surface area contributed by atoms with Crippen LogP contribution in [0.3, 0.4) is 0 Å². The van der Waals surface area contributed by atoms with Gasteiger partial charge in [-0.2, -0.15) is 8.78 Å². The number of hydrogen-bond donors (Lipinski definition) is 0. The van der Waals surface area contributed by atoms with Crippen molar-refractivity contribution in [1.82, 2.24) is 9.97 Å². The van der Waals surface area contributed by atoms with Crippen LogP contribution in [0.25, 0.3) is 11.4 Å². The second-order valence-corrected chi connectivity index (χ2v) is 6.87. The van der Waals surface area contributed by atoms with Crippen molar-refractivity contribution in [2.24, 2.45) is 0 Å². The molecule has 1 saturated carbocycles. The Labute approximate surface area is 170 Å². The van der Waals surface area contributed by atoms with Crippen molar-refractivity contribution in [3.8, 4) is 17.1 Å². The van der Waals surface area contributed by atoms with E-state index in [1.165, 1.54) is 7.11 Å². The highest BCUT2D eigenvalue weighted by Crippen LogP contribution is 2.66. The van der Waals surface area contributed by atoms with Crippen molar-refractivity contribution >= 4 is 5.97 Å². The second-order valence-electron chi connectivity index (χ2n) is 6.87. The molecule has 1 fully saturated rings. The Morgan fingerprint density at radius 1 is 0.967 bits per heavy atom. The molecule has 1 aliphatic rings. The first-order valence-corrected chi connectivity index (χ1v) is 9.14. The number of methoxy groups -OCH3 is 1. The monoisotopic (exact) mass is 414 g/mol. The van der Waals surface area contributed by atoms with Crippen LogP contribution in [0.4, 0.5) is 13.2 Å². The molecule has 5 nitrogen and oxygen atoms in total. The number of hydrogen-bond acceptors (Lipinski definition) is 5. The van der Waals surface area contributed by atoms with Gasteiger partial charge in [0.25, 0.3) is 0 Å². The van der Waals surface area contributed by atoms with E-state index in [9.17, 15) is 13.6 Å². The predicted molar refractivity (Wildman–Crippen MR) is 102 cm³/mol. The molecule has 0 amide bonds. The molecule has 1 heterocycles. The fourth-order valence-electron chi connectivity index (χ4n) is 3.77. The number of aromatic nitrogens is 2. The maximum atomic E-state index is 15.6. The maximum Gasteiger partial charge on any atom is 0.387 e. The summed E-state index contributed by atoms with van der Waals surface area (Å²) in [6.07, 6.45) is 2.30. The van der Waals surface area contributed by atoms with Gasteiger partial charge < -0.3 is 9.47 Å². The average Bonchev–Trinajstić information content (AvgIpc) is 3.41. The summed E-state index contributed by atoms with van der Waals surface area (Å²) < 4.78 is 49.0. The predicted octanol–water partition coefficient (Wildman–Crippen LogP) is 4.51. The summed E-state index contributed by atoms with van der Waals surface area (Å²) in [7, 11) is 1.17. The molecule has 0 spiro atoms. The molecule has 2 aromatic carbocycles. The van der Waals surface area contributed by atoms with Crippen LogP contribution < -0.4 is 4.74 Å². The zero-order valence-electron chi connectivity index (χ0n) is 15.8. The van der Waals surface area contributed by atoms with E-state index in [-0.39, 0.29) is 5.75 Å². The number of rotatable bonds is 6. The van der Waals surface area contributed by atoms with Gasteiger partial charge in [-0.05, 0) is 11.1 Å². The number of esters is 1. The van der Waals surface area contributed by atoms with Gasteiger partial charge in [0, 0.05) is 17.4 Å². The van der Waals surface area contributed by atoms with E-state index in [1.54, 1.807) is 48.5 Å². The van der Waals surface area contributed by atoms with E-state index in [2.05, 4.69) is 14.7 Å². The lowest BCUT2D eigenvalue weighted by Gasteiger charge is -2.07. The Hall–Kier alpha value is -3.42. The quantitative estimate of drug-likeness (QED) is 0.556. The third kappa shape index (κ3) is 3.49. The summed E-state index contributed by atoms with van der Waals surface area (Å²) in [5, 5.41) is 0. The molecular formula is C22H17F3N2O3. The van der Waals surface area contributed by atoms with Gasteiger partial charge in [0.15, 0.2) is 11.6 Å². The zero-order valence-corrected chi connectivity index (χ0v) is 15.8. The number of carbonyl (C=O) groups excluding carboxylic acids is 1. The van der Waals surface area contributed by atoms with E-state index in [0.29, 0.717) is 17.0 Å². The Balaban J connectivity index is 1.59. The fourth-order valence-corrected chi connectivity index (χ4v) is 3.77. The smallest absolute Gasteiger partial charge is 0.387 e. The molecule has 3 atom stereocenters. The minimum absolute atomic E-state index is 0.144. The van der Waals surface area contributed by atoms with E-state index in [0.717, 1.165) is 18.0 Å². The van der Waals surface area contributed by atoms with E-state index >= 15 is 4.39 Å². The van der Waals surface area contributed by atoms with Crippen molar-refractivity contribution in [2.45, 2.75) is 24.1 Å². The first kappa shape index (κ1) is 19.9. The zero-order chi connectivity index (χ0) is 21.3. The van der Waals surface area contributed by atoms with Gasteiger partial charge in [-0.25, -0.2) is 19.2 Å². The minimum Gasteiger partial charge on any atom is -0.467 e. The van der Waals surface area contributed by atoms with Crippen LogP contribution in [-0.4, -0.2) is 35.3 Å². The van der Waals surface area contributed by atoms with Crippen LogP contribution in [0.2, 0.25) is 0 Å². The van der Waals surface area contributed by atoms with Crippen molar-refractivity contribution in [3.05, 3.63) is 78.1 Å². The van der Waals surface area contributed by atoms with E-state index in [1.807, 2.05) is 6.07 Å². The van der Waals surface area contributed by atoms with Crippen molar-refractivity contribution in [1.29, 1.82) is 0 Å². The van der Waals surface area contributed by atoms with Gasteiger partial charge in [0.1, 0.15) is 0 Å². The molecule has 0 aliphatic heterocycles. The highest BCUT2D eigenvalue weighted by molar-refractivity contribution is 5.88. The molecule has 0 unspecified atom stereocenters. The van der Waals surface area contributed by atoms with Gasteiger partial charge in [0.2, 0.25) is 5.67 Å². The highest BCUT2D eigenvalue weighted by atomic mass is 19.3. The van der Waals surface area contributed by atoms with Crippen LogP contribution in [0.5, 0.6) is 5.75 Å². The van der Waals surface area contributed by atoms with Crippen LogP contribution in [0, 0.1) is 0 Å². The fraction of sp³-hybridized carbons (Fsp3) is 0.227. The van der Waals surface area contributed by atoms with Gasteiger partial charge in [-0.3, -0.25) is 0 Å². The summed E-state index contributed by atoms with van der Waals surface area (Å²) in [6.45, 7) is -2.95. The SMILES string of the molecule is COC(=O)[C@]1(F)[C@H](c2ccccc2)[C@H]1c1ccc(-c2ncc(OC(F)F)cn2)cc1. The van der Waals surface area contributed by atoms with Crippen molar-refractivity contribution in [3.63, 3.8) is 0 Å². The number of benzene rings is 2. The molecule has 0 saturated heterocycles. The Morgan fingerprint density at radius 3 is 2.07 bits per heavy atom. The maximum absolute atomic E-state index is 15.6. The Morgan fingerprint density at radius 2 is 1.53 bits per heavy atom. The molecule has 30 heavy (non-hydrogen) atoms. The van der Waals surface area contributed by atoms with Crippen LogP contribution in [0.15, 0.2) is 67.0 Å². The average molecular weight is 414 g/mol. The van der Waals surface area contributed by atoms with Crippen LogP contribution in [0.1, 0.15) is 23.0 Å².